The van der Waals surface area contributed by atoms with Crippen molar-refractivity contribution in [3.05, 3.63) is 46.0 Å². The standard InChI is InChI=1S/C24H28N8OS/c1-5-17-12-31(20-10-22(33)29(4)21-13-30(9-8-25)28-23(20)21)15(2)11-32(17)16(3)18-6-7-19-24(27-18)34-14-26-19/h6-7,10,13-17H,5,9,11-12H2,1-4H3/t15-,16+,17+/m0/s1. The third kappa shape index (κ3) is 3.75. The Hall–Kier alpha value is -3.29. The van der Waals surface area contributed by atoms with Crippen molar-refractivity contribution in [3.8, 4) is 6.07 Å². The molecular formula is C24H28N8OS. The van der Waals surface area contributed by atoms with Gasteiger partial charge < -0.3 is 9.47 Å². The maximum absolute atomic E-state index is 12.8. The normalized spacial score (nSPS) is 20.1. The lowest BCUT2D eigenvalue weighted by Gasteiger charge is -2.48. The maximum atomic E-state index is 12.8. The fraction of sp³-hybridized carbons (Fsp3) is 0.458. The summed E-state index contributed by atoms with van der Waals surface area (Å²) in [5, 5.41) is 13.8. The molecule has 1 aliphatic rings. The Labute approximate surface area is 201 Å². The molecule has 0 radical (unpaired) electrons. The molecule has 1 aliphatic heterocycles. The zero-order valence-corrected chi connectivity index (χ0v) is 20.7. The van der Waals surface area contributed by atoms with Gasteiger partial charge in [-0.15, -0.1) is 11.3 Å². The van der Waals surface area contributed by atoms with Crippen LogP contribution in [0.5, 0.6) is 0 Å². The molecule has 0 unspecified atom stereocenters. The minimum Gasteiger partial charge on any atom is -0.364 e. The molecule has 0 spiro atoms. The predicted octanol–water partition coefficient (Wildman–Crippen LogP) is 3.31. The van der Waals surface area contributed by atoms with E-state index in [0.717, 1.165) is 52.3 Å². The van der Waals surface area contributed by atoms with E-state index < -0.39 is 0 Å². The van der Waals surface area contributed by atoms with Crippen molar-refractivity contribution in [1.82, 2.24) is 29.2 Å². The van der Waals surface area contributed by atoms with Gasteiger partial charge in [-0.3, -0.25) is 14.4 Å². The Balaban J connectivity index is 1.48. The molecular weight excluding hydrogens is 448 g/mol. The number of rotatable bonds is 5. The molecule has 5 rings (SSSR count). The molecule has 1 saturated heterocycles. The van der Waals surface area contributed by atoms with Crippen LogP contribution in [0.2, 0.25) is 0 Å². The number of hydrogen-bond donors (Lipinski definition) is 0. The summed E-state index contributed by atoms with van der Waals surface area (Å²) in [5.74, 6) is 0. The lowest BCUT2D eigenvalue weighted by atomic mass is 10.00. The highest BCUT2D eigenvalue weighted by atomic mass is 32.1. The zero-order valence-electron chi connectivity index (χ0n) is 19.8. The minimum atomic E-state index is -0.0721. The van der Waals surface area contributed by atoms with E-state index in [1.54, 1.807) is 39.9 Å². The fourth-order valence-corrected chi connectivity index (χ4v) is 5.68. The molecule has 176 valence electrons. The second-order valence-electron chi connectivity index (χ2n) is 8.99. The first-order valence-corrected chi connectivity index (χ1v) is 12.5. The Morgan fingerprint density at radius 3 is 2.91 bits per heavy atom. The van der Waals surface area contributed by atoms with Crippen LogP contribution in [0.15, 0.2) is 34.7 Å². The zero-order chi connectivity index (χ0) is 24.0. The first-order chi connectivity index (χ1) is 16.4. The number of nitriles is 1. The number of thiazole rings is 1. The van der Waals surface area contributed by atoms with Crippen LogP contribution < -0.4 is 10.5 Å². The van der Waals surface area contributed by atoms with Crippen LogP contribution in [0.25, 0.3) is 21.4 Å². The van der Waals surface area contributed by atoms with Crippen LogP contribution in [0.4, 0.5) is 5.69 Å². The van der Waals surface area contributed by atoms with Gasteiger partial charge >= 0.3 is 0 Å². The number of pyridine rings is 2. The van der Waals surface area contributed by atoms with E-state index >= 15 is 0 Å². The molecule has 0 N–H and O–H groups in total. The van der Waals surface area contributed by atoms with E-state index in [9.17, 15) is 4.79 Å². The van der Waals surface area contributed by atoms with Gasteiger partial charge in [-0.25, -0.2) is 9.97 Å². The largest absolute Gasteiger partial charge is 0.364 e. The van der Waals surface area contributed by atoms with Gasteiger partial charge in [-0.2, -0.15) is 10.4 Å². The van der Waals surface area contributed by atoms with Crippen LogP contribution in [-0.4, -0.2) is 54.4 Å². The predicted molar refractivity (Wildman–Crippen MR) is 134 cm³/mol. The average molecular weight is 477 g/mol. The van der Waals surface area contributed by atoms with Crippen molar-refractivity contribution >= 4 is 38.4 Å². The molecule has 5 heterocycles. The quantitative estimate of drug-likeness (QED) is 0.436. The smallest absolute Gasteiger partial charge is 0.252 e. The van der Waals surface area contributed by atoms with Crippen molar-refractivity contribution in [1.29, 1.82) is 5.26 Å². The summed E-state index contributed by atoms with van der Waals surface area (Å²) < 4.78 is 3.20. The lowest BCUT2D eigenvalue weighted by Crippen LogP contribution is -2.58. The van der Waals surface area contributed by atoms with Crippen LogP contribution in [0, 0.1) is 11.3 Å². The first kappa shape index (κ1) is 22.5. The van der Waals surface area contributed by atoms with Crippen molar-refractivity contribution in [2.75, 3.05) is 18.0 Å². The Bertz CT molecular complexity index is 1450. The average Bonchev–Trinajstić information content (AvgIpc) is 3.48. The number of hydrogen-bond acceptors (Lipinski definition) is 8. The monoisotopic (exact) mass is 476 g/mol. The molecule has 1 fully saturated rings. The molecule has 0 saturated carbocycles. The number of aryl methyl sites for hydroxylation is 1. The van der Waals surface area contributed by atoms with Crippen molar-refractivity contribution in [2.24, 2.45) is 7.05 Å². The second kappa shape index (κ2) is 8.81. The number of aromatic nitrogens is 5. The number of nitrogens with zero attached hydrogens (tertiary/aromatic N) is 8. The molecule has 4 aromatic rings. The summed E-state index contributed by atoms with van der Waals surface area (Å²) in [7, 11) is 1.75. The van der Waals surface area contributed by atoms with E-state index in [0.29, 0.717) is 6.04 Å². The molecule has 34 heavy (non-hydrogen) atoms. The van der Waals surface area contributed by atoms with E-state index in [-0.39, 0.29) is 24.2 Å². The first-order valence-electron chi connectivity index (χ1n) is 11.6. The highest BCUT2D eigenvalue weighted by Gasteiger charge is 2.35. The second-order valence-corrected chi connectivity index (χ2v) is 9.83. The third-order valence-electron chi connectivity index (χ3n) is 6.98. The third-order valence-corrected chi connectivity index (χ3v) is 7.71. The number of fused-ring (bicyclic) bond motifs is 2. The van der Waals surface area contributed by atoms with E-state index in [4.69, 9.17) is 10.2 Å². The van der Waals surface area contributed by atoms with Gasteiger partial charge in [0.05, 0.1) is 40.2 Å². The van der Waals surface area contributed by atoms with Crippen LogP contribution in [-0.2, 0) is 13.6 Å². The molecule has 9 nitrogen and oxygen atoms in total. The van der Waals surface area contributed by atoms with E-state index in [1.165, 1.54) is 0 Å². The topological polar surface area (TPSA) is 95.9 Å². The highest BCUT2D eigenvalue weighted by Crippen LogP contribution is 2.33. The van der Waals surface area contributed by atoms with Crippen molar-refractivity contribution < 1.29 is 0 Å². The van der Waals surface area contributed by atoms with Gasteiger partial charge in [-0.05, 0) is 32.4 Å². The Kier molecular flexibility index (Phi) is 5.83. The summed E-state index contributed by atoms with van der Waals surface area (Å²) in [6.45, 7) is 8.41. The number of piperazine rings is 1. The summed E-state index contributed by atoms with van der Waals surface area (Å²) in [5.41, 5.74) is 6.12. The maximum Gasteiger partial charge on any atom is 0.252 e. The summed E-state index contributed by atoms with van der Waals surface area (Å²) in [4.78, 5) is 27.8. The van der Waals surface area contributed by atoms with Crippen molar-refractivity contribution in [2.45, 2.75) is 51.9 Å². The molecule has 4 aromatic heterocycles. The van der Waals surface area contributed by atoms with Crippen LogP contribution in [0.3, 0.4) is 0 Å². The van der Waals surface area contributed by atoms with E-state index in [2.05, 4.69) is 58.9 Å². The summed E-state index contributed by atoms with van der Waals surface area (Å²) in [6.07, 6.45) is 2.76. The molecule has 0 amide bonds. The molecule has 0 aliphatic carbocycles. The molecule has 3 atom stereocenters. The highest BCUT2D eigenvalue weighted by molar-refractivity contribution is 7.16. The molecule has 0 bridgehead atoms. The van der Waals surface area contributed by atoms with Gasteiger partial charge in [0.15, 0.2) is 0 Å². The van der Waals surface area contributed by atoms with Gasteiger partial charge in [0.25, 0.3) is 5.56 Å². The van der Waals surface area contributed by atoms with Crippen molar-refractivity contribution in [3.63, 3.8) is 0 Å². The summed E-state index contributed by atoms with van der Waals surface area (Å²) >= 11 is 1.57. The van der Waals surface area contributed by atoms with Crippen LogP contribution >= 0.6 is 11.3 Å². The van der Waals surface area contributed by atoms with Gasteiger partial charge in [-0.1, -0.05) is 6.92 Å². The lowest BCUT2D eigenvalue weighted by molar-refractivity contribution is 0.104. The number of anilines is 1. The molecule has 0 aromatic carbocycles. The van der Waals surface area contributed by atoms with Gasteiger partial charge in [0.2, 0.25) is 0 Å². The van der Waals surface area contributed by atoms with Gasteiger partial charge in [0, 0.05) is 44.3 Å². The van der Waals surface area contributed by atoms with Gasteiger partial charge in [0.1, 0.15) is 16.9 Å². The fourth-order valence-electron chi connectivity index (χ4n) is 5.02. The molecule has 10 heteroatoms. The SMILES string of the molecule is CC[C@@H]1CN(c2cc(=O)n(C)c3cn(CC#N)nc23)[C@@H](C)CN1[C@H](C)c1ccc2ncsc2n1. The minimum absolute atomic E-state index is 0.0721. The Morgan fingerprint density at radius 1 is 1.32 bits per heavy atom. The van der Waals surface area contributed by atoms with Crippen LogP contribution in [0.1, 0.15) is 38.9 Å². The Morgan fingerprint density at radius 2 is 2.15 bits per heavy atom. The van der Waals surface area contributed by atoms with E-state index in [1.807, 2.05) is 5.51 Å². The summed E-state index contributed by atoms with van der Waals surface area (Å²) in [6, 6.07) is 8.60.